The molecule has 6 heteroatoms. The van der Waals surface area contributed by atoms with Crippen molar-refractivity contribution in [1.29, 1.82) is 0 Å². The van der Waals surface area contributed by atoms with E-state index in [4.69, 9.17) is 0 Å². The maximum Gasteiger partial charge on any atom is 0.348 e. The third-order valence-corrected chi connectivity index (χ3v) is 3.31. The summed E-state index contributed by atoms with van der Waals surface area (Å²) in [6, 6.07) is 1.77. The first-order valence-electron chi connectivity index (χ1n) is 6.32. The van der Waals surface area contributed by atoms with E-state index in [0.29, 0.717) is 31.6 Å². The Hall–Kier alpha value is -1.98. The molecule has 0 aromatic carbocycles. The van der Waals surface area contributed by atoms with E-state index in [1.54, 1.807) is 24.8 Å². The van der Waals surface area contributed by atoms with Gasteiger partial charge in [-0.2, -0.15) is 4.98 Å². The van der Waals surface area contributed by atoms with Crippen LogP contribution < -0.4 is 5.69 Å². The Morgan fingerprint density at radius 1 is 1.26 bits per heavy atom. The number of carbonyl (C=O) groups is 2. The van der Waals surface area contributed by atoms with Gasteiger partial charge in [-0.3, -0.25) is 14.2 Å². The molecule has 0 unspecified atom stereocenters. The van der Waals surface area contributed by atoms with Gasteiger partial charge in [-0.1, -0.05) is 0 Å². The molecular formula is C13H17N3O3. The van der Waals surface area contributed by atoms with Crippen LogP contribution in [-0.2, 0) is 16.1 Å². The molecule has 0 bridgehead atoms. The summed E-state index contributed by atoms with van der Waals surface area (Å²) in [6.45, 7) is 4.42. The number of carbonyl (C=O) groups excluding carboxylic acids is 2. The van der Waals surface area contributed by atoms with Crippen LogP contribution in [0.3, 0.4) is 0 Å². The lowest BCUT2D eigenvalue weighted by atomic mass is 10.1. The third kappa shape index (κ3) is 3.07. The number of amides is 1. The molecule has 1 saturated heterocycles. The molecule has 1 fully saturated rings. The molecule has 1 aromatic rings. The highest BCUT2D eigenvalue weighted by atomic mass is 16.2. The van der Waals surface area contributed by atoms with Crippen molar-refractivity contribution in [3.8, 4) is 0 Å². The van der Waals surface area contributed by atoms with E-state index in [1.807, 2.05) is 0 Å². The average molecular weight is 263 g/mol. The van der Waals surface area contributed by atoms with Gasteiger partial charge in [0, 0.05) is 37.3 Å². The quantitative estimate of drug-likeness (QED) is 0.756. The fraction of sp³-hybridized carbons (Fsp3) is 0.538. The lowest BCUT2D eigenvalue weighted by Gasteiger charge is -2.26. The topological polar surface area (TPSA) is 72.3 Å². The molecular weight excluding hydrogens is 246 g/mol. The van der Waals surface area contributed by atoms with Gasteiger partial charge in [-0.15, -0.1) is 0 Å². The Kier molecular flexibility index (Phi) is 3.78. The molecule has 102 valence electrons. The number of likely N-dealkylation sites (tertiary alicyclic amines) is 1. The summed E-state index contributed by atoms with van der Waals surface area (Å²) >= 11 is 0. The van der Waals surface area contributed by atoms with Crippen LogP contribution in [0.5, 0.6) is 0 Å². The number of hydrogen-bond acceptors (Lipinski definition) is 4. The van der Waals surface area contributed by atoms with E-state index in [9.17, 15) is 14.4 Å². The van der Waals surface area contributed by atoms with E-state index < -0.39 is 5.69 Å². The highest BCUT2D eigenvalue weighted by molar-refractivity contribution is 5.83. The summed E-state index contributed by atoms with van der Waals surface area (Å²) in [6.07, 6.45) is 0.817. The van der Waals surface area contributed by atoms with Crippen molar-refractivity contribution < 1.29 is 9.59 Å². The monoisotopic (exact) mass is 263 g/mol. The summed E-state index contributed by atoms with van der Waals surface area (Å²) in [4.78, 5) is 40.4. The number of nitrogens with zero attached hydrogens (tertiary/aromatic N) is 3. The zero-order chi connectivity index (χ0) is 14.0. The molecule has 19 heavy (non-hydrogen) atoms. The molecule has 1 amide bonds. The first-order valence-corrected chi connectivity index (χ1v) is 6.32. The standard InChI is InChI=1S/C13H17N3O3/c1-9-7-10(2)16(13(19)14-9)8-12(18)15-5-3-11(17)4-6-15/h7H,3-6,8H2,1-2H3. The molecule has 2 rings (SSSR count). The van der Waals surface area contributed by atoms with Crippen LogP contribution >= 0.6 is 0 Å². The van der Waals surface area contributed by atoms with E-state index in [2.05, 4.69) is 4.98 Å². The van der Waals surface area contributed by atoms with E-state index in [0.717, 1.165) is 5.69 Å². The van der Waals surface area contributed by atoms with Gasteiger partial charge >= 0.3 is 5.69 Å². The van der Waals surface area contributed by atoms with Crippen LogP contribution in [0, 0.1) is 13.8 Å². The molecule has 2 heterocycles. The third-order valence-electron chi connectivity index (χ3n) is 3.31. The van der Waals surface area contributed by atoms with Gasteiger partial charge in [0.05, 0.1) is 0 Å². The largest absolute Gasteiger partial charge is 0.348 e. The average Bonchev–Trinajstić information content (AvgIpc) is 2.34. The maximum atomic E-state index is 12.1. The van der Waals surface area contributed by atoms with Gasteiger partial charge in [-0.25, -0.2) is 4.79 Å². The van der Waals surface area contributed by atoms with Gasteiger partial charge in [0.15, 0.2) is 0 Å². The second-order valence-corrected chi connectivity index (χ2v) is 4.83. The minimum absolute atomic E-state index is 0.00780. The first-order chi connectivity index (χ1) is 8.97. The Bertz CT molecular complexity index is 567. The fourth-order valence-corrected chi connectivity index (χ4v) is 2.21. The van der Waals surface area contributed by atoms with Crippen molar-refractivity contribution in [3.05, 3.63) is 27.9 Å². The normalized spacial score (nSPS) is 15.7. The van der Waals surface area contributed by atoms with Crippen molar-refractivity contribution in [2.45, 2.75) is 33.2 Å². The second kappa shape index (κ2) is 5.34. The van der Waals surface area contributed by atoms with Crippen molar-refractivity contribution in [2.24, 2.45) is 0 Å². The summed E-state index contributed by atoms with van der Waals surface area (Å²) in [5, 5.41) is 0. The Morgan fingerprint density at radius 3 is 2.47 bits per heavy atom. The van der Waals surface area contributed by atoms with E-state index >= 15 is 0 Å². The summed E-state index contributed by atoms with van der Waals surface area (Å²) < 4.78 is 1.37. The molecule has 0 radical (unpaired) electrons. The highest BCUT2D eigenvalue weighted by Crippen LogP contribution is 2.07. The molecule has 1 aliphatic rings. The van der Waals surface area contributed by atoms with Gasteiger partial charge in [0.1, 0.15) is 12.3 Å². The minimum Gasteiger partial charge on any atom is -0.340 e. The molecule has 1 aliphatic heterocycles. The van der Waals surface area contributed by atoms with Crippen LogP contribution in [-0.4, -0.2) is 39.2 Å². The molecule has 1 aromatic heterocycles. The summed E-state index contributed by atoms with van der Waals surface area (Å²) in [7, 11) is 0. The summed E-state index contributed by atoms with van der Waals surface area (Å²) in [5.74, 6) is 0.0535. The van der Waals surface area contributed by atoms with Crippen molar-refractivity contribution in [1.82, 2.24) is 14.5 Å². The predicted molar refractivity (Wildman–Crippen MR) is 68.8 cm³/mol. The van der Waals surface area contributed by atoms with Crippen molar-refractivity contribution in [2.75, 3.05) is 13.1 Å². The second-order valence-electron chi connectivity index (χ2n) is 4.83. The first kappa shape index (κ1) is 13.5. The molecule has 0 spiro atoms. The molecule has 0 N–H and O–H groups in total. The fourth-order valence-electron chi connectivity index (χ4n) is 2.21. The van der Waals surface area contributed by atoms with E-state index in [-0.39, 0.29) is 18.2 Å². The van der Waals surface area contributed by atoms with Crippen LogP contribution in [0.15, 0.2) is 10.9 Å². The number of aryl methyl sites for hydroxylation is 2. The molecule has 0 atom stereocenters. The number of rotatable bonds is 2. The maximum absolute atomic E-state index is 12.1. The van der Waals surface area contributed by atoms with Gasteiger partial charge in [0.25, 0.3) is 0 Å². The van der Waals surface area contributed by atoms with Crippen molar-refractivity contribution >= 4 is 11.7 Å². The van der Waals surface area contributed by atoms with Gasteiger partial charge in [-0.05, 0) is 19.9 Å². The lowest BCUT2D eigenvalue weighted by molar-refractivity contribution is -0.135. The Morgan fingerprint density at radius 2 is 1.89 bits per heavy atom. The molecule has 0 saturated carbocycles. The smallest absolute Gasteiger partial charge is 0.340 e. The van der Waals surface area contributed by atoms with Crippen LogP contribution in [0.1, 0.15) is 24.2 Å². The number of piperidine rings is 1. The predicted octanol–water partition coefficient (Wildman–Crippen LogP) is 0.0516. The lowest BCUT2D eigenvalue weighted by Crippen LogP contribution is -2.42. The van der Waals surface area contributed by atoms with Crippen LogP contribution in [0.2, 0.25) is 0 Å². The number of Topliss-reactive ketones (excluding diaryl/α,β-unsaturated/α-hetero) is 1. The van der Waals surface area contributed by atoms with Gasteiger partial charge < -0.3 is 4.90 Å². The zero-order valence-corrected chi connectivity index (χ0v) is 11.2. The molecule has 0 aliphatic carbocycles. The molecule has 6 nitrogen and oxygen atoms in total. The summed E-state index contributed by atoms with van der Waals surface area (Å²) in [5.41, 5.74) is 0.965. The Balaban J connectivity index is 2.11. The highest BCUT2D eigenvalue weighted by Gasteiger charge is 2.21. The van der Waals surface area contributed by atoms with Gasteiger partial charge in [0.2, 0.25) is 5.91 Å². The number of ketones is 1. The van der Waals surface area contributed by atoms with Crippen LogP contribution in [0.4, 0.5) is 0 Å². The van der Waals surface area contributed by atoms with E-state index in [1.165, 1.54) is 4.57 Å². The zero-order valence-electron chi connectivity index (χ0n) is 11.2. The SMILES string of the molecule is Cc1cc(C)n(CC(=O)N2CCC(=O)CC2)c(=O)n1. The van der Waals surface area contributed by atoms with Crippen molar-refractivity contribution in [3.63, 3.8) is 0 Å². The minimum atomic E-state index is -0.404. The number of aromatic nitrogens is 2. The number of hydrogen-bond donors (Lipinski definition) is 0. The Labute approximate surface area is 111 Å². The van der Waals surface area contributed by atoms with Crippen LogP contribution in [0.25, 0.3) is 0 Å².